The molecule has 1 N–H and O–H groups in total. The highest BCUT2D eigenvalue weighted by atomic mass is 17.0. The van der Waals surface area contributed by atoms with E-state index in [1.807, 2.05) is 0 Å². The smallest absolute Gasteiger partial charge is 0.284 e. The summed E-state index contributed by atoms with van der Waals surface area (Å²) >= 11 is 0. The lowest BCUT2D eigenvalue weighted by Crippen LogP contribution is -2.31. The van der Waals surface area contributed by atoms with Gasteiger partial charge in [0.2, 0.25) is 5.95 Å². The van der Waals surface area contributed by atoms with Crippen molar-refractivity contribution >= 4 is 17.8 Å². The van der Waals surface area contributed by atoms with E-state index in [0.717, 1.165) is 51.4 Å². The second-order valence-corrected chi connectivity index (χ2v) is 6.77. The maximum Gasteiger partial charge on any atom is 0.284 e. The van der Waals surface area contributed by atoms with Crippen LogP contribution in [0.3, 0.4) is 0 Å². The molecule has 0 saturated carbocycles. The van der Waals surface area contributed by atoms with E-state index >= 15 is 0 Å². The minimum Gasteiger partial charge on any atom is -0.357 e. The molecule has 0 spiro atoms. The monoisotopic (exact) mass is 428 g/mol. The predicted octanol–water partition coefficient (Wildman–Crippen LogP) is 4.45. The molecule has 0 atom stereocenters. The van der Waals surface area contributed by atoms with Gasteiger partial charge in [-0.15, -0.1) is 0 Å². The van der Waals surface area contributed by atoms with E-state index in [1.165, 1.54) is 10.5 Å². The van der Waals surface area contributed by atoms with Gasteiger partial charge in [-0.25, -0.2) is 19.4 Å². The summed E-state index contributed by atoms with van der Waals surface area (Å²) in [7, 11) is 1.74. The first kappa shape index (κ1) is 26.3. The Hall–Kier alpha value is -1.75. The minimum atomic E-state index is 0.236. The van der Waals surface area contributed by atoms with E-state index in [1.54, 1.807) is 7.05 Å². The van der Waals surface area contributed by atoms with Gasteiger partial charge in [0.05, 0.1) is 26.4 Å². The van der Waals surface area contributed by atoms with Gasteiger partial charge in [-0.1, -0.05) is 63.8 Å². The zero-order valence-corrected chi connectivity index (χ0v) is 19.4. The summed E-state index contributed by atoms with van der Waals surface area (Å²) < 4.78 is 0. The molecule has 0 aromatic carbocycles. The summed E-state index contributed by atoms with van der Waals surface area (Å²) in [5, 5.41) is 5.49. The van der Waals surface area contributed by atoms with Gasteiger partial charge >= 0.3 is 0 Å². The van der Waals surface area contributed by atoms with Gasteiger partial charge in [0.25, 0.3) is 11.9 Å². The Labute approximate surface area is 181 Å². The van der Waals surface area contributed by atoms with E-state index in [2.05, 4.69) is 48.0 Å². The van der Waals surface area contributed by atoms with Crippen molar-refractivity contribution in [2.45, 2.75) is 79.1 Å². The molecule has 0 aliphatic carbocycles. The van der Waals surface area contributed by atoms with Crippen LogP contribution in [0.4, 0.5) is 17.8 Å². The van der Waals surface area contributed by atoms with Crippen LogP contribution in [0, 0.1) is 0 Å². The van der Waals surface area contributed by atoms with Crippen molar-refractivity contribution < 1.29 is 19.4 Å². The van der Waals surface area contributed by atoms with Gasteiger partial charge in [0.15, 0.2) is 0 Å². The Kier molecular flexibility index (Phi) is 14.9. The molecular formula is C20H40N6O4. The molecule has 0 unspecified atom stereocenters. The second kappa shape index (κ2) is 17.0. The highest BCUT2D eigenvalue weighted by molar-refractivity contribution is 5.40. The van der Waals surface area contributed by atoms with Crippen LogP contribution in [0.15, 0.2) is 0 Å². The number of nitrogens with zero attached hydrogens (tertiary/aromatic N) is 5. The largest absolute Gasteiger partial charge is 0.357 e. The second-order valence-electron chi connectivity index (χ2n) is 6.77. The summed E-state index contributed by atoms with van der Waals surface area (Å²) in [6.07, 6.45) is 7.64. The number of nitrogens with one attached hydrogen (secondary N) is 1. The van der Waals surface area contributed by atoms with E-state index in [-0.39, 0.29) is 11.9 Å². The van der Waals surface area contributed by atoms with Gasteiger partial charge in [-0.3, -0.25) is 0 Å². The Morgan fingerprint density at radius 1 is 0.600 bits per heavy atom. The van der Waals surface area contributed by atoms with Crippen molar-refractivity contribution in [2.24, 2.45) is 0 Å². The van der Waals surface area contributed by atoms with Crippen molar-refractivity contribution in [2.75, 3.05) is 49.2 Å². The Morgan fingerprint density at radius 2 is 0.933 bits per heavy atom. The fraction of sp³-hybridized carbons (Fsp3) is 0.850. The fourth-order valence-electron chi connectivity index (χ4n) is 2.10. The van der Waals surface area contributed by atoms with Crippen LogP contribution in [0.5, 0.6) is 0 Å². The Balaban J connectivity index is 3.07. The zero-order chi connectivity index (χ0) is 22.0. The van der Waals surface area contributed by atoms with Gasteiger partial charge in [0, 0.05) is 7.05 Å². The number of hydrogen-bond acceptors (Lipinski definition) is 10. The lowest BCUT2D eigenvalue weighted by atomic mass is 10.4. The van der Waals surface area contributed by atoms with E-state index in [9.17, 15) is 0 Å². The van der Waals surface area contributed by atoms with Crippen LogP contribution < -0.4 is 15.8 Å². The van der Waals surface area contributed by atoms with Crippen molar-refractivity contribution in [3.8, 4) is 0 Å². The first-order chi connectivity index (χ1) is 14.7. The minimum absolute atomic E-state index is 0.236. The Morgan fingerprint density at radius 3 is 1.20 bits per heavy atom. The van der Waals surface area contributed by atoms with Crippen LogP contribution >= 0.6 is 0 Å². The molecule has 0 radical (unpaired) electrons. The molecule has 1 rings (SSSR count). The molecule has 0 aliphatic heterocycles. The molecule has 10 nitrogen and oxygen atoms in total. The third-order valence-corrected chi connectivity index (χ3v) is 3.99. The predicted molar refractivity (Wildman–Crippen MR) is 118 cm³/mol. The van der Waals surface area contributed by atoms with Gasteiger partial charge in [-0.2, -0.15) is 15.0 Å². The molecule has 10 heteroatoms. The number of rotatable bonds is 19. The standard InChI is InChI=1S/C20H40N6O4/c1-6-10-14-27-25(28-15-11-7-2)19-22-18(21-5)23-20(24-19)26(29-16-12-8-3)30-17-13-9-4/h6-17H2,1-5H3,(H,21,22,23,24). The molecular weight excluding hydrogens is 388 g/mol. The van der Waals surface area contributed by atoms with Crippen LogP contribution in [-0.2, 0) is 19.4 Å². The maximum atomic E-state index is 5.78. The van der Waals surface area contributed by atoms with E-state index in [4.69, 9.17) is 19.4 Å². The number of unbranched alkanes of at least 4 members (excludes halogenated alkanes) is 4. The number of aromatic nitrogens is 3. The summed E-state index contributed by atoms with van der Waals surface area (Å²) in [5.41, 5.74) is 0. The van der Waals surface area contributed by atoms with Crippen LogP contribution in [-0.4, -0.2) is 48.4 Å². The highest BCUT2D eigenvalue weighted by Crippen LogP contribution is 2.19. The summed E-state index contributed by atoms with van der Waals surface area (Å²) in [5.74, 6) is 0.834. The lowest BCUT2D eigenvalue weighted by Gasteiger charge is -2.24. The summed E-state index contributed by atoms with van der Waals surface area (Å²) in [6, 6.07) is 0. The summed E-state index contributed by atoms with van der Waals surface area (Å²) in [4.78, 5) is 36.4. The Bertz CT molecular complexity index is 490. The summed E-state index contributed by atoms with van der Waals surface area (Å²) in [6.45, 7) is 10.4. The molecule has 0 bridgehead atoms. The maximum absolute atomic E-state index is 5.78. The van der Waals surface area contributed by atoms with Crippen LogP contribution in [0.2, 0.25) is 0 Å². The number of hydrogen-bond donors (Lipinski definition) is 1. The number of anilines is 3. The molecule has 0 fully saturated rings. The quantitative estimate of drug-likeness (QED) is 0.251. The van der Waals surface area contributed by atoms with Crippen molar-refractivity contribution in [1.82, 2.24) is 15.0 Å². The first-order valence-electron chi connectivity index (χ1n) is 11.3. The molecule has 0 amide bonds. The van der Waals surface area contributed by atoms with E-state index < -0.39 is 0 Å². The average Bonchev–Trinajstić information content (AvgIpc) is 2.77. The third kappa shape index (κ3) is 10.3. The SMILES string of the molecule is CCCCON(OCCCC)c1nc(NC)nc(N(OCCCC)OCCCC)n1. The van der Waals surface area contributed by atoms with Gasteiger partial charge in [0.1, 0.15) is 0 Å². The molecule has 1 aromatic rings. The molecule has 1 aromatic heterocycles. The molecule has 30 heavy (non-hydrogen) atoms. The molecule has 0 saturated heterocycles. The molecule has 174 valence electrons. The van der Waals surface area contributed by atoms with E-state index in [0.29, 0.717) is 32.4 Å². The van der Waals surface area contributed by atoms with Crippen molar-refractivity contribution in [3.63, 3.8) is 0 Å². The first-order valence-corrected chi connectivity index (χ1v) is 11.3. The molecule has 0 aliphatic rings. The highest BCUT2D eigenvalue weighted by Gasteiger charge is 2.20. The van der Waals surface area contributed by atoms with Gasteiger partial charge < -0.3 is 5.32 Å². The zero-order valence-electron chi connectivity index (χ0n) is 19.4. The molecule has 1 heterocycles. The van der Waals surface area contributed by atoms with Crippen molar-refractivity contribution in [3.05, 3.63) is 0 Å². The van der Waals surface area contributed by atoms with Gasteiger partial charge in [-0.05, 0) is 25.7 Å². The topological polar surface area (TPSA) is 94.1 Å². The van der Waals surface area contributed by atoms with Crippen LogP contribution in [0.1, 0.15) is 79.1 Å². The van der Waals surface area contributed by atoms with Crippen LogP contribution in [0.25, 0.3) is 0 Å². The lowest BCUT2D eigenvalue weighted by molar-refractivity contribution is -0.0986. The van der Waals surface area contributed by atoms with Crippen molar-refractivity contribution in [1.29, 1.82) is 0 Å². The fourth-order valence-corrected chi connectivity index (χ4v) is 2.10. The normalized spacial score (nSPS) is 11.0. The third-order valence-electron chi connectivity index (χ3n) is 3.99. The average molecular weight is 429 g/mol.